The number of hydrogen-bond donors (Lipinski definition) is 1. The van der Waals surface area contributed by atoms with Gasteiger partial charge in [-0.15, -0.1) is 0 Å². The van der Waals surface area contributed by atoms with E-state index in [4.69, 9.17) is 4.74 Å². The molecule has 0 saturated carbocycles. The van der Waals surface area contributed by atoms with Crippen molar-refractivity contribution in [2.45, 2.75) is 32.2 Å². The summed E-state index contributed by atoms with van der Waals surface area (Å²) in [5.74, 6) is -0.295. The van der Waals surface area contributed by atoms with Crippen LogP contribution in [0.25, 0.3) is 0 Å². The topological polar surface area (TPSA) is 41.6 Å². The van der Waals surface area contributed by atoms with E-state index >= 15 is 0 Å². The Morgan fingerprint density at radius 3 is 2.86 bits per heavy atom. The van der Waals surface area contributed by atoms with E-state index in [1.807, 2.05) is 6.07 Å². The van der Waals surface area contributed by atoms with Gasteiger partial charge in [0.1, 0.15) is 0 Å². The third kappa shape index (κ3) is 4.60. The van der Waals surface area contributed by atoms with E-state index in [0.29, 0.717) is 6.04 Å². The van der Waals surface area contributed by atoms with Crippen molar-refractivity contribution in [3.05, 3.63) is 47.7 Å². The Labute approximate surface area is 133 Å². The van der Waals surface area contributed by atoms with Gasteiger partial charge in [0.25, 0.3) is 0 Å². The second-order valence-electron chi connectivity index (χ2n) is 5.64. The fraction of sp³-hybridized carbons (Fsp3) is 0.500. The fourth-order valence-electron chi connectivity index (χ4n) is 2.87. The number of nitrogens with one attached hydrogen (secondary N) is 1. The Bertz CT molecular complexity index is 499. The lowest BCUT2D eigenvalue weighted by atomic mass is 10.00. The molecule has 1 fully saturated rings. The summed E-state index contributed by atoms with van der Waals surface area (Å²) in [4.78, 5) is 14.1. The molecule has 1 heterocycles. The van der Waals surface area contributed by atoms with Crippen LogP contribution in [-0.4, -0.2) is 37.6 Å². The molecule has 2 rings (SSSR count). The highest BCUT2D eigenvalue weighted by molar-refractivity contribution is 5.82. The van der Waals surface area contributed by atoms with Gasteiger partial charge in [-0.3, -0.25) is 4.90 Å². The smallest absolute Gasteiger partial charge is 0.332 e. The van der Waals surface area contributed by atoms with Gasteiger partial charge in [0, 0.05) is 37.3 Å². The molecule has 1 aromatic carbocycles. The standard InChI is InChI=1S/C18H26N2O2/c1-3-4-11-20-12-10-19-16(14-18(21)22-2)13-17(20)15-8-6-5-7-9-15/h5-9,14,17,19H,3-4,10-13H2,1-2H3/b16-14-. The lowest BCUT2D eigenvalue weighted by Gasteiger charge is -2.29. The molecular formula is C18H26N2O2. The van der Waals surface area contributed by atoms with Gasteiger partial charge in [-0.1, -0.05) is 43.7 Å². The minimum absolute atomic E-state index is 0.295. The van der Waals surface area contributed by atoms with E-state index in [-0.39, 0.29) is 5.97 Å². The SMILES string of the molecule is CCCCN1CCN/C(=C\C(=O)OC)CC1c1ccccc1. The number of rotatable bonds is 5. The average molecular weight is 302 g/mol. The van der Waals surface area contributed by atoms with Crippen molar-refractivity contribution in [2.75, 3.05) is 26.7 Å². The van der Waals surface area contributed by atoms with Crippen LogP contribution in [0.4, 0.5) is 0 Å². The van der Waals surface area contributed by atoms with Crippen LogP contribution in [0.15, 0.2) is 42.1 Å². The number of esters is 1. The molecule has 0 amide bonds. The molecule has 1 aromatic rings. The van der Waals surface area contributed by atoms with E-state index < -0.39 is 0 Å². The van der Waals surface area contributed by atoms with Gasteiger partial charge in [-0.2, -0.15) is 0 Å². The molecule has 0 spiro atoms. The predicted octanol–water partition coefficient (Wildman–Crippen LogP) is 2.88. The predicted molar refractivity (Wildman–Crippen MR) is 88.4 cm³/mol. The summed E-state index contributed by atoms with van der Waals surface area (Å²) in [5, 5.41) is 3.37. The van der Waals surface area contributed by atoms with Gasteiger partial charge in [0.2, 0.25) is 0 Å². The zero-order chi connectivity index (χ0) is 15.8. The van der Waals surface area contributed by atoms with Crippen LogP contribution in [0.2, 0.25) is 0 Å². The summed E-state index contributed by atoms with van der Waals surface area (Å²) in [6, 6.07) is 10.8. The molecule has 1 atom stereocenters. The maximum Gasteiger partial charge on any atom is 0.332 e. The molecule has 120 valence electrons. The van der Waals surface area contributed by atoms with Crippen molar-refractivity contribution in [3.63, 3.8) is 0 Å². The summed E-state index contributed by atoms with van der Waals surface area (Å²) >= 11 is 0. The number of nitrogens with zero attached hydrogens (tertiary/aromatic N) is 1. The Morgan fingerprint density at radius 2 is 2.18 bits per heavy atom. The summed E-state index contributed by atoms with van der Waals surface area (Å²) in [6.07, 6.45) is 4.78. The molecule has 1 N–H and O–H groups in total. The zero-order valence-corrected chi connectivity index (χ0v) is 13.5. The molecular weight excluding hydrogens is 276 g/mol. The van der Waals surface area contributed by atoms with Crippen molar-refractivity contribution in [3.8, 4) is 0 Å². The number of unbranched alkanes of at least 4 members (excludes halogenated alkanes) is 1. The second kappa shape index (κ2) is 8.59. The van der Waals surface area contributed by atoms with E-state index in [0.717, 1.165) is 31.8 Å². The Kier molecular flexibility index (Phi) is 6.46. The first kappa shape index (κ1) is 16.6. The quantitative estimate of drug-likeness (QED) is 0.671. The molecule has 1 saturated heterocycles. The minimum Gasteiger partial charge on any atom is -0.466 e. The van der Waals surface area contributed by atoms with Crippen LogP contribution in [0.5, 0.6) is 0 Å². The molecule has 22 heavy (non-hydrogen) atoms. The van der Waals surface area contributed by atoms with Crippen molar-refractivity contribution in [1.29, 1.82) is 0 Å². The van der Waals surface area contributed by atoms with Crippen LogP contribution in [0, 0.1) is 0 Å². The average Bonchev–Trinajstić information content (AvgIpc) is 2.75. The van der Waals surface area contributed by atoms with E-state index in [1.165, 1.54) is 25.5 Å². The highest BCUT2D eigenvalue weighted by atomic mass is 16.5. The number of ether oxygens (including phenoxy) is 1. The number of carbonyl (C=O) groups excluding carboxylic acids is 1. The van der Waals surface area contributed by atoms with Crippen molar-refractivity contribution in [1.82, 2.24) is 10.2 Å². The lowest BCUT2D eigenvalue weighted by Crippen LogP contribution is -2.31. The molecule has 1 unspecified atom stereocenters. The van der Waals surface area contributed by atoms with E-state index in [9.17, 15) is 4.79 Å². The first-order valence-electron chi connectivity index (χ1n) is 8.06. The summed E-state index contributed by atoms with van der Waals surface area (Å²) in [5.41, 5.74) is 2.26. The molecule has 0 aliphatic carbocycles. The van der Waals surface area contributed by atoms with E-state index in [2.05, 4.69) is 41.4 Å². The number of carbonyl (C=O) groups is 1. The van der Waals surface area contributed by atoms with Gasteiger partial charge >= 0.3 is 5.97 Å². The van der Waals surface area contributed by atoms with Crippen LogP contribution < -0.4 is 5.32 Å². The van der Waals surface area contributed by atoms with Gasteiger partial charge in [0.15, 0.2) is 0 Å². The van der Waals surface area contributed by atoms with Crippen molar-refractivity contribution in [2.24, 2.45) is 0 Å². The highest BCUT2D eigenvalue weighted by Crippen LogP contribution is 2.28. The van der Waals surface area contributed by atoms with Crippen LogP contribution in [-0.2, 0) is 9.53 Å². The summed E-state index contributed by atoms with van der Waals surface area (Å²) in [7, 11) is 1.42. The third-order valence-corrected chi connectivity index (χ3v) is 4.08. The first-order valence-corrected chi connectivity index (χ1v) is 8.06. The minimum atomic E-state index is -0.295. The third-order valence-electron chi connectivity index (χ3n) is 4.08. The van der Waals surface area contributed by atoms with Gasteiger partial charge in [-0.25, -0.2) is 4.79 Å². The maximum absolute atomic E-state index is 11.5. The van der Waals surface area contributed by atoms with Crippen molar-refractivity contribution >= 4 is 5.97 Å². The lowest BCUT2D eigenvalue weighted by molar-refractivity contribution is -0.134. The maximum atomic E-state index is 11.5. The molecule has 1 aliphatic heterocycles. The number of methoxy groups -OCH3 is 1. The molecule has 4 heteroatoms. The molecule has 4 nitrogen and oxygen atoms in total. The van der Waals surface area contributed by atoms with Crippen molar-refractivity contribution < 1.29 is 9.53 Å². The summed E-state index contributed by atoms with van der Waals surface area (Å²) in [6.45, 7) is 5.15. The fourth-order valence-corrected chi connectivity index (χ4v) is 2.87. The van der Waals surface area contributed by atoms with Crippen LogP contribution in [0.1, 0.15) is 37.8 Å². The monoisotopic (exact) mass is 302 g/mol. The molecule has 0 radical (unpaired) electrons. The van der Waals surface area contributed by atoms with Crippen LogP contribution in [0.3, 0.4) is 0 Å². The van der Waals surface area contributed by atoms with E-state index in [1.54, 1.807) is 6.08 Å². The van der Waals surface area contributed by atoms with Gasteiger partial charge in [0.05, 0.1) is 7.11 Å². The van der Waals surface area contributed by atoms with Gasteiger partial charge in [-0.05, 0) is 18.5 Å². The molecule has 0 bridgehead atoms. The first-order chi connectivity index (χ1) is 10.7. The highest BCUT2D eigenvalue weighted by Gasteiger charge is 2.24. The largest absolute Gasteiger partial charge is 0.466 e. The second-order valence-corrected chi connectivity index (χ2v) is 5.64. The van der Waals surface area contributed by atoms with Gasteiger partial charge < -0.3 is 10.1 Å². The number of hydrogen-bond acceptors (Lipinski definition) is 4. The normalized spacial score (nSPS) is 21.2. The Balaban J connectivity index is 2.22. The van der Waals surface area contributed by atoms with Crippen LogP contribution >= 0.6 is 0 Å². The molecule has 0 aromatic heterocycles. The number of benzene rings is 1. The zero-order valence-electron chi connectivity index (χ0n) is 13.5. The Hall–Kier alpha value is -1.81. The Morgan fingerprint density at radius 1 is 1.41 bits per heavy atom. The molecule has 1 aliphatic rings. The summed E-state index contributed by atoms with van der Waals surface area (Å²) < 4.78 is 4.76.